The maximum atomic E-state index is 12.7. The third-order valence-electron chi connectivity index (χ3n) is 3.37. The van der Waals surface area contributed by atoms with E-state index in [1.165, 1.54) is 25.3 Å². The summed E-state index contributed by atoms with van der Waals surface area (Å²) in [6, 6.07) is 6.68. The second-order valence-corrected chi connectivity index (χ2v) is 5.05. The first-order valence-electron chi connectivity index (χ1n) is 6.87. The summed E-state index contributed by atoms with van der Waals surface area (Å²) in [6.07, 6.45) is -9.35. The van der Waals surface area contributed by atoms with Crippen LogP contribution in [0.4, 0.5) is 26.3 Å². The highest BCUT2D eigenvalue weighted by atomic mass is 35.5. The van der Waals surface area contributed by atoms with Crippen LogP contribution in [0.15, 0.2) is 42.5 Å². The van der Waals surface area contributed by atoms with Crippen LogP contribution < -0.4 is 15.2 Å². The van der Waals surface area contributed by atoms with Crippen molar-refractivity contribution in [1.29, 1.82) is 0 Å². The van der Waals surface area contributed by atoms with E-state index in [-0.39, 0.29) is 23.7 Å². The zero-order valence-electron chi connectivity index (χ0n) is 13.2. The highest BCUT2D eigenvalue weighted by Crippen LogP contribution is 2.36. The molecule has 0 unspecified atom stereocenters. The molecule has 0 saturated carbocycles. The lowest BCUT2D eigenvalue weighted by Gasteiger charge is -2.18. The molecule has 2 aromatic carbocycles. The van der Waals surface area contributed by atoms with E-state index in [4.69, 9.17) is 10.5 Å². The fourth-order valence-corrected chi connectivity index (χ4v) is 2.20. The van der Waals surface area contributed by atoms with Crippen LogP contribution in [-0.4, -0.2) is 13.5 Å². The molecule has 0 bridgehead atoms. The van der Waals surface area contributed by atoms with Crippen LogP contribution in [0.3, 0.4) is 0 Å². The summed E-state index contributed by atoms with van der Waals surface area (Å²) in [5, 5.41) is 0. The largest absolute Gasteiger partial charge is 0.573 e. The van der Waals surface area contributed by atoms with Gasteiger partial charge in [0.1, 0.15) is 11.5 Å². The van der Waals surface area contributed by atoms with Gasteiger partial charge in [0, 0.05) is 5.56 Å². The fourth-order valence-electron chi connectivity index (χ4n) is 2.20. The molecule has 10 heteroatoms. The van der Waals surface area contributed by atoms with Gasteiger partial charge in [-0.1, -0.05) is 18.2 Å². The van der Waals surface area contributed by atoms with Gasteiger partial charge in [-0.3, -0.25) is 0 Å². The monoisotopic (exact) mass is 401 g/mol. The molecule has 0 radical (unpaired) electrons. The van der Waals surface area contributed by atoms with E-state index in [1.54, 1.807) is 0 Å². The van der Waals surface area contributed by atoms with Gasteiger partial charge in [-0.2, -0.15) is 13.2 Å². The van der Waals surface area contributed by atoms with Crippen molar-refractivity contribution in [3.63, 3.8) is 0 Å². The van der Waals surface area contributed by atoms with E-state index in [9.17, 15) is 26.3 Å². The molecular formula is C16H14ClF6NO2. The molecule has 0 aliphatic heterocycles. The van der Waals surface area contributed by atoms with Gasteiger partial charge < -0.3 is 15.2 Å². The average molecular weight is 402 g/mol. The number of benzene rings is 2. The van der Waals surface area contributed by atoms with Crippen LogP contribution in [0.5, 0.6) is 11.5 Å². The van der Waals surface area contributed by atoms with Gasteiger partial charge in [0.2, 0.25) is 0 Å². The van der Waals surface area contributed by atoms with E-state index in [1.807, 2.05) is 0 Å². The first-order chi connectivity index (χ1) is 11.5. The Kier molecular flexibility index (Phi) is 6.78. The number of methoxy groups -OCH3 is 1. The highest BCUT2D eigenvalue weighted by molar-refractivity contribution is 5.85. The van der Waals surface area contributed by atoms with Crippen molar-refractivity contribution >= 4 is 12.4 Å². The van der Waals surface area contributed by atoms with Crippen LogP contribution in [0.1, 0.15) is 22.7 Å². The lowest BCUT2D eigenvalue weighted by Crippen LogP contribution is -2.17. The van der Waals surface area contributed by atoms with Crippen molar-refractivity contribution in [2.24, 2.45) is 5.73 Å². The van der Waals surface area contributed by atoms with Gasteiger partial charge >= 0.3 is 12.5 Å². The predicted octanol–water partition coefficient (Wildman–Crippen LogP) is 5.08. The standard InChI is InChI=1S/C16H13F6NO2.ClH/c1-24-13-8-10(15(17,18)19)4-7-12(13)14(23)9-2-5-11(6-3-9)25-16(20,21)22;/h2-8,14H,23H2,1H3;1H/t14-;/m1./s1. The molecule has 1 atom stereocenters. The molecule has 144 valence electrons. The van der Waals surface area contributed by atoms with E-state index in [2.05, 4.69) is 4.74 Å². The Labute approximate surface area is 151 Å². The molecule has 0 aliphatic carbocycles. The molecule has 2 N–H and O–H groups in total. The predicted molar refractivity (Wildman–Crippen MR) is 84.4 cm³/mol. The molecule has 26 heavy (non-hydrogen) atoms. The number of hydrogen-bond acceptors (Lipinski definition) is 3. The molecule has 2 rings (SSSR count). The Morgan fingerprint density at radius 1 is 0.923 bits per heavy atom. The van der Waals surface area contributed by atoms with Crippen molar-refractivity contribution in [2.45, 2.75) is 18.6 Å². The zero-order valence-corrected chi connectivity index (χ0v) is 14.0. The highest BCUT2D eigenvalue weighted by Gasteiger charge is 2.32. The second kappa shape index (κ2) is 8.05. The normalized spacial score (nSPS) is 12.9. The van der Waals surface area contributed by atoms with Crippen molar-refractivity contribution in [3.8, 4) is 11.5 Å². The van der Waals surface area contributed by atoms with Gasteiger partial charge in [0.25, 0.3) is 0 Å². The fraction of sp³-hybridized carbons (Fsp3) is 0.250. The summed E-state index contributed by atoms with van der Waals surface area (Å²) in [5.74, 6) is -0.499. The average Bonchev–Trinajstić information content (AvgIpc) is 2.52. The summed E-state index contributed by atoms with van der Waals surface area (Å²) in [4.78, 5) is 0. The quantitative estimate of drug-likeness (QED) is 0.726. The molecule has 0 saturated heterocycles. The van der Waals surface area contributed by atoms with Gasteiger partial charge in [0.05, 0.1) is 18.7 Å². The molecule has 0 amide bonds. The van der Waals surface area contributed by atoms with E-state index in [0.717, 1.165) is 24.3 Å². The minimum atomic E-state index is -4.82. The molecule has 0 heterocycles. The van der Waals surface area contributed by atoms with E-state index < -0.39 is 29.9 Å². The van der Waals surface area contributed by atoms with Crippen LogP contribution in [0.2, 0.25) is 0 Å². The van der Waals surface area contributed by atoms with Crippen LogP contribution in [0, 0.1) is 0 Å². The van der Waals surface area contributed by atoms with Crippen molar-refractivity contribution in [2.75, 3.05) is 7.11 Å². The first-order valence-corrected chi connectivity index (χ1v) is 6.87. The summed E-state index contributed by atoms with van der Waals surface area (Å²) in [5.41, 5.74) is 5.76. The topological polar surface area (TPSA) is 44.5 Å². The Hall–Kier alpha value is -2.13. The minimum Gasteiger partial charge on any atom is -0.496 e. The van der Waals surface area contributed by atoms with Gasteiger partial charge in [0.15, 0.2) is 0 Å². The lowest BCUT2D eigenvalue weighted by atomic mass is 9.97. The van der Waals surface area contributed by atoms with Crippen LogP contribution in [0.25, 0.3) is 0 Å². The Bertz CT molecular complexity index is 731. The van der Waals surface area contributed by atoms with E-state index >= 15 is 0 Å². The summed E-state index contributed by atoms with van der Waals surface area (Å²) < 4.78 is 83.4. The molecule has 3 nitrogen and oxygen atoms in total. The van der Waals surface area contributed by atoms with Gasteiger partial charge in [-0.15, -0.1) is 25.6 Å². The number of nitrogens with two attached hydrogens (primary N) is 1. The smallest absolute Gasteiger partial charge is 0.496 e. The van der Waals surface area contributed by atoms with Crippen molar-refractivity contribution < 1.29 is 35.8 Å². The lowest BCUT2D eigenvalue weighted by molar-refractivity contribution is -0.274. The third-order valence-corrected chi connectivity index (χ3v) is 3.37. The number of ether oxygens (including phenoxy) is 2. The zero-order chi connectivity index (χ0) is 18.8. The number of rotatable bonds is 4. The maximum Gasteiger partial charge on any atom is 0.573 e. The second-order valence-electron chi connectivity index (χ2n) is 5.05. The molecule has 0 fully saturated rings. The summed E-state index contributed by atoms with van der Waals surface area (Å²) in [7, 11) is 1.20. The molecule has 0 aliphatic rings. The minimum absolute atomic E-state index is 0. The first kappa shape index (κ1) is 21.9. The van der Waals surface area contributed by atoms with Gasteiger partial charge in [-0.05, 0) is 29.8 Å². The summed E-state index contributed by atoms with van der Waals surface area (Å²) >= 11 is 0. The van der Waals surface area contributed by atoms with Crippen LogP contribution in [-0.2, 0) is 6.18 Å². The summed E-state index contributed by atoms with van der Waals surface area (Å²) in [6.45, 7) is 0. The van der Waals surface area contributed by atoms with E-state index in [0.29, 0.717) is 5.56 Å². The number of alkyl halides is 6. The SMILES string of the molecule is COc1cc(C(F)(F)F)ccc1[C@H](N)c1ccc(OC(F)(F)F)cc1.Cl. The molecular weight excluding hydrogens is 388 g/mol. The Balaban J connectivity index is 0.00000338. The van der Waals surface area contributed by atoms with Gasteiger partial charge in [-0.25, -0.2) is 0 Å². The number of hydrogen-bond donors (Lipinski definition) is 1. The van der Waals surface area contributed by atoms with Crippen molar-refractivity contribution in [1.82, 2.24) is 0 Å². The van der Waals surface area contributed by atoms with Crippen LogP contribution >= 0.6 is 12.4 Å². The third kappa shape index (κ3) is 5.43. The number of halogens is 7. The molecule has 0 aromatic heterocycles. The molecule has 0 spiro atoms. The van der Waals surface area contributed by atoms with Crippen molar-refractivity contribution in [3.05, 3.63) is 59.2 Å². The Morgan fingerprint density at radius 2 is 1.50 bits per heavy atom. The maximum absolute atomic E-state index is 12.7. The molecule has 2 aromatic rings. The Morgan fingerprint density at radius 3 is 1.96 bits per heavy atom.